The maximum absolute atomic E-state index is 13.1. The van der Waals surface area contributed by atoms with E-state index in [0.29, 0.717) is 5.56 Å². The Labute approximate surface area is 122 Å². The van der Waals surface area contributed by atoms with Gasteiger partial charge in [0, 0.05) is 6.42 Å². The molecule has 1 heterocycles. The van der Waals surface area contributed by atoms with E-state index < -0.39 is 37.0 Å². The Kier molecular flexibility index (Phi) is 5.43. The molecular weight excluding hydrogens is 351 g/mol. The lowest BCUT2D eigenvalue weighted by atomic mass is 10.0. The summed E-state index contributed by atoms with van der Waals surface area (Å²) in [6.45, 7) is -1.35. The van der Waals surface area contributed by atoms with Crippen LogP contribution in [0.5, 0.6) is 0 Å². The van der Waals surface area contributed by atoms with Gasteiger partial charge in [-0.3, -0.25) is 0 Å². The minimum Gasteiger partial charge on any atom is -0.377 e. The van der Waals surface area contributed by atoms with Gasteiger partial charge in [0.2, 0.25) is 0 Å². The van der Waals surface area contributed by atoms with Crippen LogP contribution in [0.4, 0.5) is 39.5 Å². The van der Waals surface area contributed by atoms with E-state index in [0.717, 1.165) is 0 Å². The highest BCUT2D eigenvalue weighted by Gasteiger charge is 2.81. The Morgan fingerprint density at radius 1 is 0.909 bits per heavy atom. The predicted octanol–water partition coefficient (Wildman–Crippen LogP) is 5.12. The largest absolute Gasteiger partial charge is 0.460 e. The SMILES string of the molecule is FC(F)(F)C(F)(F)C(F)(F)C(F)(F)CCOCc1ccsc1. The summed E-state index contributed by atoms with van der Waals surface area (Å²) >= 11 is 1.24. The van der Waals surface area contributed by atoms with Crippen molar-refractivity contribution in [3.05, 3.63) is 22.4 Å². The van der Waals surface area contributed by atoms with E-state index in [4.69, 9.17) is 0 Å². The standard InChI is InChI=1S/C11H9F9OS/c12-8(13,2-3-21-5-7-1-4-22-6-7)9(14,15)10(16,17)11(18,19)20/h1,4,6H,2-3,5H2. The molecule has 128 valence electrons. The summed E-state index contributed by atoms with van der Waals surface area (Å²) in [5.41, 5.74) is 0.528. The predicted molar refractivity (Wildman–Crippen MR) is 59.5 cm³/mol. The van der Waals surface area contributed by atoms with Crippen molar-refractivity contribution in [3.8, 4) is 0 Å². The van der Waals surface area contributed by atoms with Gasteiger partial charge < -0.3 is 4.74 Å². The number of thiophene rings is 1. The summed E-state index contributed by atoms with van der Waals surface area (Å²) in [6.07, 6.45) is -8.77. The molecule has 0 bridgehead atoms. The number of alkyl halides is 9. The highest BCUT2D eigenvalue weighted by Crippen LogP contribution is 2.53. The van der Waals surface area contributed by atoms with Crippen molar-refractivity contribution in [2.24, 2.45) is 0 Å². The van der Waals surface area contributed by atoms with E-state index in [1.165, 1.54) is 17.4 Å². The van der Waals surface area contributed by atoms with Crippen LogP contribution in [0.1, 0.15) is 12.0 Å². The van der Waals surface area contributed by atoms with Crippen LogP contribution in [0, 0.1) is 0 Å². The molecule has 1 nitrogen and oxygen atoms in total. The van der Waals surface area contributed by atoms with Gasteiger partial charge in [-0.25, -0.2) is 0 Å². The molecule has 0 fully saturated rings. The second-order valence-electron chi connectivity index (χ2n) is 4.29. The molecule has 1 aromatic rings. The quantitative estimate of drug-likeness (QED) is 0.484. The molecule has 0 spiro atoms. The van der Waals surface area contributed by atoms with Crippen LogP contribution < -0.4 is 0 Å². The molecule has 0 aromatic carbocycles. The fourth-order valence-corrected chi connectivity index (χ4v) is 1.98. The molecule has 1 aromatic heterocycles. The lowest BCUT2D eigenvalue weighted by molar-refractivity contribution is -0.397. The molecule has 0 radical (unpaired) electrons. The summed E-state index contributed by atoms with van der Waals surface area (Å²) in [5.74, 6) is -19.0. The van der Waals surface area contributed by atoms with E-state index in [2.05, 4.69) is 4.74 Å². The zero-order chi connectivity index (χ0) is 17.2. The summed E-state index contributed by atoms with van der Waals surface area (Å²) in [5, 5.41) is 3.18. The van der Waals surface area contributed by atoms with Crippen molar-refractivity contribution in [2.75, 3.05) is 6.61 Å². The average Bonchev–Trinajstić information content (AvgIpc) is 2.85. The third kappa shape index (κ3) is 3.67. The maximum atomic E-state index is 13.1. The van der Waals surface area contributed by atoms with E-state index in [1.807, 2.05) is 0 Å². The molecule has 0 saturated heterocycles. The number of hydrogen-bond donors (Lipinski definition) is 0. The van der Waals surface area contributed by atoms with Crippen LogP contribution in [0.2, 0.25) is 0 Å². The Hall–Kier alpha value is -0.970. The Bertz CT molecular complexity index is 466. The molecule has 0 aliphatic carbocycles. The lowest BCUT2D eigenvalue weighted by Crippen LogP contribution is -2.61. The van der Waals surface area contributed by atoms with Crippen LogP contribution in [0.25, 0.3) is 0 Å². The van der Waals surface area contributed by atoms with E-state index in [-0.39, 0.29) is 6.61 Å². The van der Waals surface area contributed by atoms with Crippen molar-refractivity contribution >= 4 is 11.3 Å². The second kappa shape index (κ2) is 6.26. The average molecular weight is 360 g/mol. The van der Waals surface area contributed by atoms with E-state index in [1.54, 1.807) is 10.8 Å². The first-order chi connectivity index (χ1) is 9.83. The first kappa shape index (κ1) is 19.1. The highest BCUT2D eigenvalue weighted by molar-refractivity contribution is 7.07. The van der Waals surface area contributed by atoms with Crippen molar-refractivity contribution in [1.82, 2.24) is 0 Å². The minimum atomic E-state index is -6.85. The van der Waals surface area contributed by atoms with Gasteiger partial charge in [-0.15, -0.1) is 0 Å². The summed E-state index contributed by atoms with van der Waals surface area (Å²) in [4.78, 5) is 0. The monoisotopic (exact) mass is 360 g/mol. The van der Waals surface area contributed by atoms with Crippen molar-refractivity contribution in [1.29, 1.82) is 0 Å². The second-order valence-corrected chi connectivity index (χ2v) is 5.07. The van der Waals surface area contributed by atoms with Crippen LogP contribution in [-0.4, -0.2) is 30.6 Å². The van der Waals surface area contributed by atoms with Crippen LogP contribution in [-0.2, 0) is 11.3 Å². The topological polar surface area (TPSA) is 9.23 Å². The molecule has 0 aliphatic rings. The van der Waals surface area contributed by atoms with E-state index >= 15 is 0 Å². The molecule has 0 amide bonds. The third-order valence-corrected chi connectivity index (χ3v) is 3.35. The number of halogens is 9. The molecule has 22 heavy (non-hydrogen) atoms. The zero-order valence-corrected chi connectivity index (χ0v) is 11.4. The van der Waals surface area contributed by atoms with Crippen LogP contribution >= 0.6 is 11.3 Å². The van der Waals surface area contributed by atoms with Crippen LogP contribution in [0.3, 0.4) is 0 Å². The molecule has 0 atom stereocenters. The highest BCUT2D eigenvalue weighted by atomic mass is 32.1. The fraction of sp³-hybridized carbons (Fsp3) is 0.636. The number of rotatable bonds is 7. The van der Waals surface area contributed by atoms with Crippen molar-refractivity contribution in [2.45, 2.75) is 37.0 Å². The zero-order valence-electron chi connectivity index (χ0n) is 10.6. The van der Waals surface area contributed by atoms with Gasteiger partial charge in [0.1, 0.15) is 0 Å². The summed E-state index contributed by atoms with van der Waals surface area (Å²) < 4.78 is 117. The fourth-order valence-electron chi connectivity index (χ4n) is 1.33. The number of hydrogen-bond acceptors (Lipinski definition) is 2. The molecule has 1 rings (SSSR count). The van der Waals surface area contributed by atoms with Gasteiger partial charge in [0.15, 0.2) is 0 Å². The van der Waals surface area contributed by atoms with Crippen molar-refractivity contribution < 1.29 is 44.3 Å². The minimum absolute atomic E-state index is 0.249. The molecule has 0 saturated carbocycles. The molecule has 0 unspecified atom stereocenters. The van der Waals surface area contributed by atoms with Gasteiger partial charge in [0.25, 0.3) is 0 Å². The first-order valence-corrected chi connectivity index (χ1v) is 6.56. The smallest absolute Gasteiger partial charge is 0.377 e. The Morgan fingerprint density at radius 2 is 1.50 bits per heavy atom. The Morgan fingerprint density at radius 3 is 1.95 bits per heavy atom. The molecular formula is C11H9F9OS. The van der Waals surface area contributed by atoms with Gasteiger partial charge >= 0.3 is 23.9 Å². The first-order valence-electron chi connectivity index (χ1n) is 5.62. The summed E-state index contributed by atoms with van der Waals surface area (Å²) in [6, 6.07) is 1.54. The molecule has 0 N–H and O–H groups in total. The van der Waals surface area contributed by atoms with Crippen LogP contribution in [0.15, 0.2) is 16.8 Å². The van der Waals surface area contributed by atoms with Gasteiger partial charge in [-0.05, 0) is 22.4 Å². The molecule has 0 aliphatic heterocycles. The normalized spacial score (nSPS) is 14.4. The number of ether oxygens (including phenoxy) is 1. The summed E-state index contributed by atoms with van der Waals surface area (Å²) in [7, 11) is 0. The maximum Gasteiger partial charge on any atom is 0.460 e. The third-order valence-electron chi connectivity index (χ3n) is 2.62. The van der Waals surface area contributed by atoms with Gasteiger partial charge in [-0.1, -0.05) is 0 Å². The lowest BCUT2D eigenvalue weighted by Gasteiger charge is -2.33. The van der Waals surface area contributed by atoms with E-state index in [9.17, 15) is 39.5 Å². The van der Waals surface area contributed by atoms with Gasteiger partial charge in [-0.2, -0.15) is 50.9 Å². The Balaban J connectivity index is 2.67. The van der Waals surface area contributed by atoms with Crippen molar-refractivity contribution in [3.63, 3.8) is 0 Å². The molecule has 11 heteroatoms. The van der Waals surface area contributed by atoms with Gasteiger partial charge in [0.05, 0.1) is 13.2 Å².